The molecule has 2 saturated heterocycles. The van der Waals surface area contributed by atoms with Crippen LogP contribution in [0, 0.1) is 5.41 Å². The van der Waals surface area contributed by atoms with Crippen LogP contribution < -0.4 is 15.1 Å². The Hall–Kier alpha value is -2.03. The molecule has 4 N–H and O–H groups in total. The van der Waals surface area contributed by atoms with E-state index in [1.54, 1.807) is 7.11 Å². The fraction of sp³-hybridized carbons (Fsp3) is 0.696. The Kier molecular flexibility index (Phi) is 6.21. The van der Waals surface area contributed by atoms with Gasteiger partial charge in [-0.2, -0.15) is 5.48 Å². The molecule has 4 rings (SSSR count). The van der Waals surface area contributed by atoms with Crippen LogP contribution >= 0.6 is 0 Å². The Morgan fingerprint density at radius 2 is 1.81 bits per heavy atom. The van der Waals surface area contributed by atoms with Gasteiger partial charge in [0.15, 0.2) is 5.69 Å². The second-order valence-electron chi connectivity index (χ2n) is 10.7. The molecule has 2 fully saturated rings. The Balaban J connectivity index is 0.00000272. The molecule has 0 aliphatic carbocycles. The number of piperidine rings is 1. The normalized spacial score (nSPS) is 21.1. The van der Waals surface area contributed by atoms with E-state index >= 15 is 0 Å². The van der Waals surface area contributed by atoms with Crippen molar-refractivity contribution < 1.29 is 30.1 Å². The number of carbonyl (C=O) groups excluding carboxylic acids is 1. The van der Waals surface area contributed by atoms with E-state index in [1.165, 1.54) is 11.3 Å². The van der Waals surface area contributed by atoms with Crippen molar-refractivity contribution in [3.8, 4) is 5.75 Å². The van der Waals surface area contributed by atoms with Gasteiger partial charge in [0.25, 0.3) is 0 Å². The van der Waals surface area contributed by atoms with E-state index in [1.807, 2.05) is 31.2 Å². The molecule has 0 aromatic heterocycles. The molecular weight excluding hydrogens is 398 g/mol. The molecule has 8 nitrogen and oxygen atoms in total. The highest BCUT2D eigenvalue weighted by molar-refractivity contribution is 5.70. The molecule has 3 aliphatic rings. The Labute approximate surface area is 185 Å². The van der Waals surface area contributed by atoms with Crippen LogP contribution in [0.4, 0.5) is 16.2 Å². The highest BCUT2D eigenvalue weighted by Gasteiger charge is 2.48. The molecule has 1 aromatic carbocycles. The van der Waals surface area contributed by atoms with E-state index in [0.717, 1.165) is 56.9 Å². The lowest BCUT2D eigenvalue weighted by atomic mass is 9.72. The highest BCUT2D eigenvalue weighted by atomic mass is 16.6. The predicted octanol–water partition coefficient (Wildman–Crippen LogP) is 2.17. The lowest BCUT2D eigenvalue weighted by molar-refractivity contribution is -0.829. The van der Waals surface area contributed by atoms with Gasteiger partial charge in [0.2, 0.25) is 0 Å². The lowest BCUT2D eigenvalue weighted by Gasteiger charge is -2.53. The summed E-state index contributed by atoms with van der Waals surface area (Å²) in [6.07, 6.45) is 2.87. The molecule has 0 radical (unpaired) electrons. The van der Waals surface area contributed by atoms with E-state index in [4.69, 9.17) is 14.3 Å². The molecular formula is C23H38N3O5+. The summed E-state index contributed by atoms with van der Waals surface area (Å²) in [6.45, 7) is 13.5. The molecule has 174 valence electrons. The van der Waals surface area contributed by atoms with Gasteiger partial charge < -0.3 is 24.7 Å². The van der Waals surface area contributed by atoms with Crippen LogP contribution in [0.2, 0.25) is 0 Å². The fourth-order valence-corrected chi connectivity index (χ4v) is 4.91. The number of anilines is 1. The Bertz CT molecular complexity index is 817. The van der Waals surface area contributed by atoms with Crippen LogP contribution in [0.3, 0.4) is 0 Å². The van der Waals surface area contributed by atoms with Crippen molar-refractivity contribution in [2.24, 2.45) is 5.41 Å². The summed E-state index contributed by atoms with van der Waals surface area (Å²) in [5.74, 6) is 0.989. The number of nitrogens with two attached hydrogens (primary N) is 1. The largest absolute Gasteiger partial charge is 0.487 e. The third-order valence-corrected chi connectivity index (χ3v) is 6.33. The predicted molar refractivity (Wildman–Crippen MR) is 119 cm³/mol. The zero-order valence-corrected chi connectivity index (χ0v) is 19.7. The summed E-state index contributed by atoms with van der Waals surface area (Å²) in [5, 5.41) is 0. The van der Waals surface area contributed by atoms with Crippen molar-refractivity contribution in [2.75, 3.05) is 38.2 Å². The molecule has 0 unspecified atom stereocenters. The molecule has 8 heteroatoms. The van der Waals surface area contributed by atoms with E-state index in [9.17, 15) is 4.79 Å². The first-order valence-electron chi connectivity index (χ1n) is 10.9. The summed E-state index contributed by atoms with van der Waals surface area (Å²) in [5.41, 5.74) is 4.99. The topological polar surface area (TPSA) is 99.4 Å². The van der Waals surface area contributed by atoms with Gasteiger partial charge in [0.1, 0.15) is 22.6 Å². The van der Waals surface area contributed by atoms with Gasteiger partial charge in [-0.05, 0) is 47.5 Å². The molecule has 1 aromatic rings. The second kappa shape index (κ2) is 8.15. The Morgan fingerprint density at radius 3 is 2.39 bits per heavy atom. The van der Waals surface area contributed by atoms with Crippen LogP contribution in [0.15, 0.2) is 12.1 Å². The molecule has 3 aliphatic heterocycles. The molecule has 0 atom stereocenters. The lowest BCUT2D eigenvalue weighted by Crippen LogP contribution is -2.76. The van der Waals surface area contributed by atoms with Gasteiger partial charge in [0, 0.05) is 55.7 Å². The van der Waals surface area contributed by atoms with Crippen LogP contribution in [0.1, 0.15) is 53.0 Å². The number of hydrogen-bond donors (Lipinski definition) is 1. The van der Waals surface area contributed by atoms with E-state index < -0.39 is 5.60 Å². The molecule has 31 heavy (non-hydrogen) atoms. The summed E-state index contributed by atoms with van der Waals surface area (Å²) in [7, 11) is 1.70. The number of rotatable bonds is 3. The quantitative estimate of drug-likeness (QED) is 0.578. The number of ether oxygens (including phenoxy) is 2. The van der Waals surface area contributed by atoms with Crippen molar-refractivity contribution in [3.63, 3.8) is 0 Å². The zero-order valence-electron chi connectivity index (χ0n) is 19.7. The van der Waals surface area contributed by atoms with E-state index in [2.05, 4.69) is 30.9 Å². The Morgan fingerprint density at radius 1 is 1.16 bits per heavy atom. The highest BCUT2D eigenvalue weighted by Crippen LogP contribution is 2.45. The van der Waals surface area contributed by atoms with Crippen LogP contribution in [0.5, 0.6) is 5.75 Å². The van der Waals surface area contributed by atoms with E-state index in [-0.39, 0.29) is 22.6 Å². The van der Waals surface area contributed by atoms with Gasteiger partial charge in [-0.25, -0.2) is 9.63 Å². The number of carbonyl (C=O) groups is 1. The van der Waals surface area contributed by atoms with Crippen molar-refractivity contribution in [2.45, 2.75) is 65.1 Å². The standard InChI is InChI=1S/C23H35N3O4.H2O/c1-21(2,3)30-20(27)26-14-23(15-26)7-9-25(10-8-23)18-12-19-16(11-17(18)24-28-6)13-22(4,5)29-19;/h11-12,24H,7-10,13-15H2,1-6H3;1H2/p+1. The average molecular weight is 437 g/mol. The minimum absolute atomic E-state index is 0. The molecule has 0 saturated carbocycles. The third kappa shape index (κ3) is 4.91. The fourth-order valence-electron chi connectivity index (χ4n) is 4.91. The maximum Gasteiger partial charge on any atom is 0.410 e. The van der Waals surface area contributed by atoms with Gasteiger partial charge >= 0.3 is 6.09 Å². The van der Waals surface area contributed by atoms with Crippen LogP contribution in [-0.2, 0) is 16.0 Å². The summed E-state index contributed by atoms with van der Waals surface area (Å²) in [6, 6.07) is 4.39. The van der Waals surface area contributed by atoms with Crippen LogP contribution in [-0.4, -0.2) is 61.0 Å². The number of quaternary nitrogens is 1. The maximum absolute atomic E-state index is 12.3. The minimum Gasteiger partial charge on any atom is -0.487 e. The maximum atomic E-state index is 12.3. The van der Waals surface area contributed by atoms with Gasteiger partial charge in [0.05, 0.1) is 7.11 Å². The first-order valence-corrected chi connectivity index (χ1v) is 10.9. The number of fused-ring (bicyclic) bond motifs is 1. The third-order valence-electron chi connectivity index (χ3n) is 6.33. The summed E-state index contributed by atoms with van der Waals surface area (Å²) < 4.78 is 11.7. The van der Waals surface area contributed by atoms with E-state index in [0.29, 0.717) is 0 Å². The summed E-state index contributed by atoms with van der Waals surface area (Å²) >= 11 is 0. The van der Waals surface area contributed by atoms with Crippen molar-refractivity contribution >= 4 is 17.5 Å². The second-order valence-corrected chi connectivity index (χ2v) is 10.7. The van der Waals surface area contributed by atoms with Crippen molar-refractivity contribution in [1.29, 1.82) is 0 Å². The number of benzene rings is 1. The van der Waals surface area contributed by atoms with Crippen molar-refractivity contribution in [3.05, 3.63) is 17.7 Å². The van der Waals surface area contributed by atoms with Gasteiger partial charge in [-0.15, -0.1) is 0 Å². The number of amides is 1. The molecule has 1 amide bonds. The first kappa shape index (κ1) is 23.6. The number of nitrogens with zero attached hydrogens (tertiary/aromatic N) is 2. The number of hydrogen-bond acceptors (Lipinski definition) is 5. The first-order chi connectivity index (χ1) is 14.0. The summed E-state index contributed by atoms with van der Waals surface area (Å²) in [4.78, 5) is 21.9. The minimum atomic E-state index is -0.443. The molecule has 0 bridgehead atoms. The SMILES string of the molecule is CO[NH2+]c1cc2c(cc1N1CCC3(CC1)CN(C(=O)OC(C)(C)C)C3)OC(C)(C)C2.O. The monoisotopic (exact) mass is 436 g/mol. The van der Waals surface area contributed by atoms with Crippen molar-refractivity contribution in [1.82, 2.24) is 4.90 Å². The van der Waals surface area contributed by atoms with Gasteiger partial charge in [-0.1, -0.05) is 0 Å². The average Bonchev–Trinajstić information content (AvgIpc) is 2.91. The molecule has 3 heterocycles. The zero-order chi connectivity index (χ0) is 21.7. The van der Waals surface area contributed by atoms with Gasteiger partial charge in [-0.3, -0.25) is 0 Å². The smallest absolute Gasteiger partial charge is 0.410 e. The number of likely N-dealkylation sites (tertiary alicyclic amines) is 1. The van der Waals surface area contributed by atoms with Crippen LogP contribution in [0.25, 0.3) is 0 Å². The molecule has 1 spiro atoms.